The predicted octanol–water partition coefficient (Wildman–Crippen LogP) is 3.55. The molecule has 0 amide bonds. The molecule has 4 heterocycles. The fourth-order valence-corrected chi connectivity index (χ4v) is 4.40. The molecule has 5 rings (SSSR count). The molecule has 140 valence electrons. The minimum atomic E-state index is 0.584. The Morgan fingerprint density at radius 3 is 2.37 bits per heavy atom. The van der Waals surface area contributed by atoms with Gasteiger partial charge < -0.3 is 18.9 Å². The van der Waals surface area contributed by atoms with Crippen LogP contribution in [0.15, 0.2) is 54.9 Å². The first kappa shape index (κ1) is 16.6. The normalized spacial score (nSPS) is 19.0. The number of rotatable bonds is 3. The standard InChI is InChI=1S/C22H26N4O/c1-2-9-26-21(17-23-22(26)6-1)18-7-10-24(11-8-18)19-4-3-5-20(16-19)25-12-14-27-15-13-25/h1-6,9,16-18H,7-8,10-15H2. The van der Waals surface area contributed by atoms with Crippen molar-refractivity contribution in [3.63, 3.8) is 0 Å². The molecule has 2 aliphatic rings. The lowest BCUT2D eigenvalue weighted by Gasteiger charge is -2.35. The lowest BCUT2D eigenvalue weighted by Crippen LogP contribution is -2.36. The number of nitrogens with zero attached hydrogens (tertiary/aromatic N) is 4. The van der Waals surface area contributed by atoms with Crippen LogP contribution in [0.2, 0.25) is 0 Å². The number of hydrogen-bond acceptors (Lipinski definition) is 4. The van der Waals surface area contributed by atoms with Crippen molar-refractivity contribution in [3.05, 3.63) is 60.6 Å². The average Bonchev–Trinajstić information content (AvgIpc) is 3.19. The van der Waals surface area contributed by atoms with E-state index < -0.39 is 0 Å². The van der Waals surface area contributed by atoms with E-state index in [0.29, 0.717) is 5.92 Å². The number of imidazole rings is 1. The summed E-state index contributed by atoms with van der Waals surface area (Å²) in [5.41, 5.74) is 5.07. The molecule has 1 aromatic carbocycles. The smallest absolute Gasteiger partial charge is 0.136 e. The minimum Gasteiger partial charge on any atom is -0.378 e. The largest absolute Gasteiger partial charge is 0.378 e. The first-order chi connectivity index (χ1) is 13.4. The summed E-state index contributed by atoms with van der Waals surface area (Å²) in [5.74, 6) is 0.584. The fourth-order valence-electron chi connectivity index (χ4n) is 4.40. The van der Waals surface area contributed by atoms with Gasteiger partial charge in [0.2, 0.25) is 0 Å². The molecule has 5 heteroatoms. The molecule has 0 bridgehead atoms. The van der Waals surface area contributed by atoms with Crippen LogP contribution in [0.5, 0.6) is 0 Å². The Morgan fingerprint density at radius 2 is 1.59 bits per heavy atom. The van der Waals surface area contributed by atoms with E-state index >= 15 is 0 Å². The van der Waals surface area contributed by atoms with Gasteiger partial charge in [-0.25, -0.2) is 4.98 Å². The maximum atomic E-state index is 5.49. The summed E-state index contributed by atoms with van der Waals surface area (Å²) >= 11 is 0. The molecule has 0 spiro atoms. The van der Waals surface area contributed by atoms with E-state index in [2.05, 4.69) is 74.0 Å². The lowest BCUT2D eigenvalue weighted by molar-refractivity contribution is 0.122. The van der Waals surface area contributed by atoms with Crippen molar-refractivity contribution >= 4 is 17.0 Å². The molecule has 0 aliphatic carbocycles. The molecule has 2 aliphatic heterocycles. The van der Waals surface area contributed by atoms with Crippen LogP contribution in [0.4, 0.5) is 11.4 Å². The summed E-state index contributed by atoms with van der Waals surface area (Å²) in [6.07, 6.45) is 6.54. The summed E-state index contributed by atoms with van der Waals surface area (Å²) in [5, 5.41) is 0. The molecule has 2 aromatic heterocycles. The van der Waals surface area contributed by atoms with Crippen molar-refractivity contribution in [1.82, 2.24) is 9.38 Å². The maximum absolute atomic E-state index is 5.49. The molecular formula is C22H26N4O. The Bertz CT molecular complexity index is 907. The fraction of sp³-hybridized carbons (Fsp3) is 0.409. The highest BCUT2D eigenvalue weighted by Crippen LogP contribution is 2.32. The highest BCUT2D eigenvalue weighted by Gasteiger charge is 2.23. The highest BCUT2D eigenvalue weighted by atomic mass is 16.5. The van der Waals surface area contributed by atoms with Gasteiger partial charge in [-0.05, 0) is 43.2 Å². The van der Waals surface area contributed by atoms with Crippen molar-refractivity contribution in [3.8, 4) is 0 Å². The van der Waals surface area contributed by atoms with E-state index in [0.717, 1.165) is 45.0 Å². The summed E-state index contributed by atoms with van der Waals surface area (Å²) in [6, 6.07) is 15.2. The topological polar surface area (TPSA) is 33.0 Å². The number of fused-ring (bicyclic) bond motifs is 1. The first-order valence-electron chi connectivity index (χ1n) is 9.98. The van der Waals surface area contributed by atoms with Crippen molar-refractivity contribution in [2.75, 3.05) is 49.2 Å². The van der Waals surface area contributed by atoms with Crippen LogP contribution < -0.4 is 9.80 Å². The van der Waals surface area contributed by atoms with Crippen LogP contribution in [0, 0.1) is 0 Å². The Labute approximate surface area is 160 Å². The Hall–Kier alpha value is -2.53. The molecule has 0 radical (unpaired) electrons. The van der Waals surface area contributed by atoms with E-state index in [1.165, 1.54) is 29.9 Å². The van der Waals surface area contributed by atoms with Gasteiger partial charge in [0.25, 0.3) is 0 Å². The van der Waals surface area contributed by atoms with E-state index in [9.17, 15) is 0 Å². The van der Waals surface area contributed by atoms with Gasteiger partial charge in [0, 0.05) is 61.6 Å². The van der Waals surface area contributed by atoms with E-state index in [-0.39, 0.29) is 0 Å². The van der Waals surface area contributed by atoms with Crippen LogP contribution in [-0.4, -0.2) is 48.8 Å². The van der Waals surface area contributed by atoms with E-state index in [4.69, 9.17) is 4.74 Å². The number of benzene rings is 1. The zero-order chi connectivity index (χ0) is 18.1. The summed E-state index contributed by atoms with van der Waals surface area (Å²) in [6.45, 7) is 5.82. The Balaban J connectivity index is 1.29. The molecular weight excluding hydrogens is 336 g/mol. The quantitative estimate of drug-likeness (QED) is 0.713. The van der Waals surface area contributed by atoms with Crippen LogP contribution in [0.25, 0.3) is 5.65 Å². The Kier molecular flexibility index (Phi) is 4.46. The maximum Gasteiger partial charge on any atom is 0.136 e. The number of morpholine rings is 1. The van der Waals surface area contributed by atoms with Gasteiger partial charge in [-0.1, -0.05) is 12.1 Å². The van der Waals surface area contributed by atoms with Gasteiger partial charge in [-0.2, -0.15) is 0 Å². The summed E-state index contributed by atoms with van der Waals surface area (Å²) < 4.78 is 7.74. The molecule has 0 saturated carbocycles. The molecule has 2 saturated heterocycles. The second-order valence-corrected chi connectivity index (χ2v) is 7.49. The number of ether oxygens (including phenoxy) is 1. The lowest BCUT2D eigenvalue weighted by atomic mass is 9.93. The van der Waals surface area contributed by atoms with Gasteiger partial charge in [-0.3, -0.25) is 0 Å². The second kappa shape index (κ2) is 7.24. The molecule has 5 nitrogen and oxygen atoms in total. The van der Waals surface area contributed by atoms with Gasteiger partial charge in [-0.15, -0.1) is 0 Å². The van der Waals surface area contributed by atoms with Crippen molar-refractivity contribution in [2.45, 2.75) is 18.8 Å². The first-order valence-corrected chi connectivity index (χ1v) is 9.98. The third-order valence-corrected chi connectivity index (χ3v) is 5.93. The van der Waals surface area contributed by atoms with Crippen molar-refractivity contribution in [2.24, 2.45) is 0 Å². The van der Waals surface area contributed by atoms with Crippen LogP contribution in [0.1, 0.15) is 24.5 Å². The van der Waals surface area contributed by atoms with Crippen molar-refractivity contribution in [1.29, 1.82) is 0 Å². The predicted molar refractivity (Wildman–Crippen MR) is 109 cm³/mol. The molecule has 3 aromatic rings. The van der Waals surface area contributed by atoms with Gasteiger partial charge >= 0.3 is 0 Å². The SMILES string of the molecule is c1cc(N2CCOCC2)cc(N2CCC(c3cnc4ccccn34)CC2)c1. The zero-order valence-corrected chi connectivity index (χ0v) is 15.6. The number of anilines is 2. The monoisotopic (exact) mass is 362 g/mol. The van der Waals surface area contributed by atoms with Crippen molar-refractivity contribution < 1.29 is 4.74 Å². The van der Waals surface area contributed by atoms with Gasteiger partial charge in [0.15, 0.2) is 0 Å². The average molecular weight is 362 g/mol. The minimum absolute atomic E-state index is 0.584. The number of hydrogen-bond donors (Lipinski definition) is 0. The number of piperidine rings is 1. The second-order valence-electron chi connectivity index (χ2n) is 7.49. The number of pyridine rings is 1. The highest BCUT2D eigenvalue weighted by molar-refractivity contribution is 5.60. The molecule has 0 unspecified atom stereocenters. The Morgan fingerprint density at radius 1 is 0.852 bits per heavy atom. The third kappa shape index (κ3) is 3.28. The molecule has 0 atom stereocenters. The molecule has 0 N–H and O–H groups in total. The van der Waals surface area contributed by atoms with Crippen LogP contribution in [0.3, 0.4) is 0 Å². The van der Waals surface area contributed by atoms with Gasteiger partial charge in [0.05, 0.1) is 13.2 Å². The van der Waals surface area contributed by atoms with E-state index in [1.54, 1.807) is 0 Å². The summed E-state index contributed by atoms with van der Waals surface area (Å²) in [4.78, 5) is 9.53. The molecule has 27 heavy (non-hydrogen) atoms. The number of aromatic nitrogens is 2. The summed E-state index contributed by atoms with van der Waals surface area (Å²) in [7, 11) is 0. The van der Waals surface area contributed by atoms with Gasteiger partial charge in [0.1, 0.15) is 5.65 Å². The van der Waals surface area contributed by atoms with Crippen LogP contribution in [-0.2, 0) is 4.74 Å². The third-order valence-electron chi connectivity index (χ3n) is 5.93. The van der Waals surface area contributed by atoms with E-state index in [1.807, 2.05) is 0 Å². The zero-order valence-electron chi connectivity index (χ0n) is 15.6. The van der Waals surface area contributed by atoms with Crippen LogP contribution >= 0.6 is 0 Å². The molecule has 2 fully saturated rings.